The molecule has 20 heavy (non-hydrogen) atoms. The standard InChI is InChI=1S/C15H25BrN2O2/c1-4-19-14-10-12(11-18-8-6-7-17-3)9-13(16)15(14)20-5-2/h9-10,17-18H,4-8,11H2,1-3H3. The largest absolute Gasteiger partial charge is 0.490 e. The van der Waals surface area contributed by atoms with E-state index in [1.807, 2.05) is 27.0 Å². The van der Waals surface area contributed by atoms with E-state index in [1.54, 1.807) is 0 Å². The molecular weight excluding hydrogens is 320 g/mol. The topological polar surface area (TPSA) is 42.5 Å². The van der Waals surface area contributed by atoms with Crippen LogP contribution in [0.3, 0.4) is 0 Å². The SMILES string of the molecule is CCOc1cc(CNCCCNC)cc(Br)c1OCC. The van der Waals surface area contributed by atoms with Crippen LogP contribution in [0.4, 0.5) is 0 Å². The first kappa shape index (κ1) is 17.3. The van der Waals surface area contributed by atoms with E-state index < -0.39 is 0 Å². The van der Waals surface area contributed by atoms with Crippen molar-refractivity contribution in [2.75, 3.05) is 33.4 Å². The Kier molecular flexibility index (Phi) is 8.65. The second-order valence-corrected chi connectivity index (χ2v) is 5.26. The van der Waals surface area contributed by atoms with Crippen molar-refractivity contribution in [3.63, 3.8) is 0 Å². The minimum atomic E-state index is 0.625. The molecule has 0 aliphatic rings. The Bertz CT molecular complexity index is 400. The first-order chi connectivity index (χ1) is 9.72. The summed E-state index contributed by atoms with van der Waals surface area (Å²) >= 11 is 3.56. The lowest BCUT2D eigenvalue weighted by Gasteiger charge is -2.15. The fourth-order valence-corrected chi connectivity index (χ4v) is 2.50. The first-order valence-corrected chi connectivity index (χ1v) is 7.95. The highest BCUT2D eigenvalue weighted by Gasteiger charge is 2.11. The normalized spacial score (nSPS) is 10.6. The van der Waals surface area contributed by atoms with Crippen LogP contribution in [-0.2, 0) is 6.54 Å². The highest BCUT2D eigenvalue weighted by atomic mass is 79.9. The van der Waals surface area contributed by atoms with Gasteiger partial charge in [0.25, 0.3) is 0 Å². The van der Waals surface area contributed by atoms with Crippen LogP contribution in [0.15, 0.2) is 16.6 Å². The Morgan fingerprint density at radius 3 is 2.50 bits per heavy atom. The Balaban J connectivity index is 2.67. The summed E-state index contributed by atoms with van der Waals surface area (Å²) in [5, 5.41) is 6.57. The van der Waals surface area contributed by atoms with E-state index in [4.69, 9.17) is 9.47 Å². The average Bonchev–Trinajstić information content (AvgIpc) is 2.43. The Morgan fingerprint density at radius 1 is 1.10 bits per heavy atom. The second kappa shape index (κ2) is 10.0. The number of hydrogen-bond acceptors (Lipinski definition) is 4. The molecule has 5 heteroatoms. The molecule has 0 spiro atoms. The summed E-state index contributed by atoms with van der Waals surface area (Å²) in [5.41, 5.74) is 1.19. The quantitative estimate of drug-likeness (QED) is 0.640. The van der Waals surface area contributed by atoms with Crippen LogP contribution in [0.25, 0.3) is 0 Å². The summed E-state index contributed by atoms with van der Waals surface area (Å²) in [7, 11) is 1.97. The van der Waals surface area contributed by atoms with Crippen molar-refractivity contribution in [3.05, 3.63) is 22.2 Å². The maximum absolute atomic E-state index is 5.66. The van der Waals surface area contributed by atoms with E-state index in [0.29, 0.717) is 13.2 Å². The monoisotopic (exact) mass is 344 g/mol. The number of benzene rings is 1. The summed E-state index contributed by atoms with van der Waals surface area (Å²) in [5.74, 6) is 1.59. The third-order valence-electron chi connectivity index (χ3n) is 2.77. The average molecular weight is 345 g/mol. The molecule has 0 aromatic heterocycles. The van der Waals surface area contributed by atoms with Crippen molar-refractivity contribution >= 4 is 15.9 Å². The molecule has 1 aromatic carbocycles. The van der Waals surface area contributed by atoms with Gasteiger partial charge in [-0.3, -0.25) is 0 Å². The number of nitrogens with one attached hydrogen (secondary N) is 2. The fourth-order valence-electron chi connectivity index (χ4n) is 1.89. The van der Waals surface area contributed by atoms with Gasteiger partial charge in [-0.1, -0.05) is 0 Å². The molecule has 0 aliphatic carbocycles. The van der Waals surface area contributed by atoms with Gasteiger partial charge in [0.2, 0.25) is 0 Å². The zero-order valence-corrected chi connectivity index (χ0v) is 14.2. The maximum atomic E-state index is 5.66. The first-order valence-electron chi connectivity index (χ1n) is 7.16. The van der Waals surface area contributed by atoms with E-state index in [0.717, 1.165) is 42.0 Å². The van der Waals surface area contributed by atoms with Crippen molar-refractivity contribution in [1.82, 2.24) is 10.6 Å². The van der Waals surface area contributed by atoms with Crippen LogP contribution in [0.1, 0.15) is 25.8 Å². The van der Waals surface area contributed by atoms with E-state index in [2.05, 4.69) is 32.6 Å². The summed E-state index contributed by atoms with van der Waals surface area (Å²) in [6.45, 7) is 8.06. The van der Waals surface area contributed by atoms with Gasteiger partial charge in [-0.05, 0) is 74.0 Å². The zero-order chi connectivity index (χ0) is 14.8. The van der Waals surface area contributed by atoms with Gasteiger partial charge in [0, 0.05) is 6.54 Å². The van der Waals surface area contributed by atoms with E-state index in [9.17, 15) is 0 Å². The molecule has 2 N–H and O–H groups in total. The molecule has 0 bridgehead atoms. The summed E-state index contributed by atoms with van der Waals surface area (Å²) in [4.78, 5) is 0. The molecule has 114 valence electrons. The molecule has 0 saturated carbocycles. The third kappa shape index (κ3) is 5.69. The summed E-state index contributed by atoms with van der Waals surface area (Å²) < 4.78 is 12.2. The zero-order valence-electron chi connectivity index (χ0n) is 12.6. The van der Waals surface area contributed by atoms with Gasteiger partial charge in [0.1, 0.15) is 0 Å². The van der Waals surface area contributed by atoms with Crippen LogP contribution >= 0.6 is 15.9 Å². The van der Waals surface area contributed by atoms with Crippen molar-refractivity contribution in [3.8, 4) is 11.5 Å². The third-order valence-corrected chi connectivity index (χ3v) is 3.36. The van der Waals surface area contributed by atoms with Gasteiger partial charge in [-0.2, -0.15) is 0 Å². The molecule has 1 rings (SSSR count). The fraction of sp³-hybridized carbons (Fsp3) is 0.600. The number of rotatable bonds is 10. The van der Waals surface area contributed by atoms with Gasteiger partial charge in [-0.15, -0.1) is 0 Å². The molecule has 1 aromatic rings. The van der Waals surface area contributed by atoms with Gasteiger partial charge in [-0.25, -0.2) is 0 Å². The molecule has 0 heterocycles. The van der Waals surface area contributed by atoms with Gasteiger partial charge < -0.3 is 20.1 Å². The van der Waals surface area contributed by atoms with Crippen molar-refractivity contribution in [1.29, 1.82) is 0 Å². The Morgan fingerprint density at radius 2 is 1.85 bits per heavy atom. The lowest BCUT2D eigenvalue weighted by atomic mass is 10.2. The molecule has 0 saturated heterocycles. The second-order valence-electron chi connectivity index (χ2n) is 4.40. The van der Waals surface area contributed by atoms with E-state index in [-0.39, 0.29) is 0 Å². The van der Waals surface area contributed by atoms with Crippen LogP contribution in [0.5, 0.6) is 11.5 Å². The summed E-state index contributed by atoms with van der Waals surface area (Å²) in [6.07, 6.45) is 1.12. The molecule has 0 atom stereocenters. The lowest BCUT2D eigenvalue weighted by Crippen LogP contribution is -2.19. The Hall–Kier alpha value is -0.780. The van der Waals surface area contributed by atoms with Crippen molar-refractivity contribution in [2.24, 2.45) is 0 Å². The van der Waals surface area contributed by atoms with Gasteiger partial charge >= 0.3 is 0 Å². The van der Waals surface area contributed by atoms with Gasteiger partial charge in [0.15, 0.2) is 11.5 Å². The predicted molar refractivity (Wildman–Crippen MR) is 86.7 cm³/mol. The smallest absolute Gasteiger partial charge is 0.175 e. The van der Waals surface area contributed by atoms with Gasteiger partial charge in [0.05, 0.1) is 17.7 Å². The highest BCUT2D eigenvalue weighted by molar-refractivity contribution is 9.10. The molecule has 0 aliphatic heterocycles. The van der Waals surface area contributed by atoms with Crippen molar-refractivity contribution in [2.45, 2.75) is 26.8 Å². The molecular formula is C15H25BrN2O2. The summed E-state index contributed by atoms with van der Waals surface area (Å²) in [6, 6.07) is 4.13. The highest BCUT2D eigenvalue weighted by Crippen LogP contribution is 2.36. The molecule has 0 unspecified atom stereocenters. The van der Waals surface area contributed by atoms with E-state index in [1.165, 1.54) is 5.56 Å². The minimum absolute atomic E-state index is 0.625. The van der Waals surface area contributed by atoms with Crippen LogP contribution < -0.4 is 20.1 Å². The Labute approximate surface area is 130 Å². The maximum Gasteiger partial charge on any atom is 0.175 e. The molecule has 0 fully saturated rings. The number of ether oxygens (including phenoxy) is 2. The lowest BCUT2D eigenvalue weighted by molar-refractivity contribution is 0.286. The minimum Gasteiger partial charge on any atom is -0.490 e. The van der Waals surface area contributed by atoms with Crippen LogP contribution in [0, 0.1) is 0 Å². The molecule has 4 nitrogen and oxygen atoms in total. The predicted octanol–water partition coefficient (Wildman–Crippen LogP) is 2.95. The van der Waals surface area contributed by atoms with E-state index >= 15 is 0 Å². The number of halogens is 1. The van der Waals surface area contributed by atoms with Crippen LogP contribution in [-0.4, -0.2) is 33.4 Å². The molecule has 0 radical (unpaired) electrons. The van der Waals surface area contributed by atoms with Crippen molar-refractivity contribution < 1.29 is 9.47 Å². The number of hydrogen-bond donors (Lipinski definition) is 2. The van der Waals surface area contributed by atoms with Crippen LogP contribution in [0.2, 0.25) is 0 Å². The molecule has 0 amide bonds.